The van der Waals surface area contributed by atoms with Crippen LogP contribution in [0.2, 0.25) is 0 Å². The first kappa shape index (κ1) is 115. The predicted molar refractivity (Wildman–Crippen MR) is 509 cm³/mol. The number of rotatable bonds is 89. The van der Waals surface area contributed by atoms with Crippen LogP contribution in [0.3, 0.4) is 0 Å². The van der Waals surface area contributed by atoms with Crippen molar-refractivity contribution in [2.45, 2.75) is 399 Å². The van der Waals surface area contributed by atoms with Crippen LogP contribution in [0.15, 0.2) is 194 Å². The fourth-order valence-electron chi connectivity index (χ4n) is 12.7. The van der Waals surface area contributed by atoms with Crippen molar-refractivity contribution in [2.24, 2.45) is 0 Å². The first-order valence-electron chi connectivity index (χ1n) is 47.7. The Morgan fingerprint density at radius 3 is 0.653 bits per heavy atom. The van der Waals surface area contributed by atoms with Crippen molar-refractivity contribution in [1.29, 1.82) is 0 Å². The molecule has 4 N–H and O–H groups in total. The van der Waals surface area contributed by atoms with Gasteiger partial charge in [0.05, 0.1) is 26.4 Å². The summed E-state index contributed by atoms with van der Waals surface area (Å²) < 4.78 is 61.5. The largest absolute Gasteiger partial charge is 0.472 e. The number of aliphatic hydroxyl groups excluding tert-OH is 2. The first-order valence-corrected chi connectivity index (χ1v) is 50.7. The molecule has 0 saturated carbocycles. The van der Waals surface area contributed by atoms with Crippen LogP contribution in [-0.4, -0.2) is 95.9 Å². The lowest BCUT2D eigenvalue weighted by Crippen LogP contribution is -2.30. The molecule has 690 valence electrons. The van der Waals surface area contributed by atoms with Crippen molar-refractivity contribution >= 4 is 33.6 Å². The Balaban J connectivity index is 4.55. The third-order valence-electron chi connectivity index (χ3n) is 19.8. The van der Waals surface area contributed by atoms with Crippen molar-refractivity contribution in [3.8, 4) is 0 Å². The fraction of sp³-hybridized carbons (Fsp3) is 0.660. The highest BCUT2D eigenvalue weighted by Crippen LogP contribution is 2.45. The molecule has 0 amide bonds. The van der Waals surface area contributed by atoms with Gasteiger partial charge in [0.1, 0.15) is 25.4 Å². The zero-order chi connectivity index (χ0) is 87.9. The van der Waals surface area contributed by atoms with Crippen LogP contribution in [0, 0.1) is 0 Å². The maximum absolute atomic E-state index is 13.1. The molecule has 0 heterocycles. The summed E-state index contributed by atoms with van der Waals surface area (Å²) in [5.41, 5.74) is 0. The van der Waals surface area contributed by atoms with Gasteiger partial charge >= 0.3 is 33.6 Å². The Morgan fingerprint density at radius 2 is 0.413 bits per heavy atom. The van der Waals surface area contributed by atoms with Crippen LogP contribution in [-0.2, 0) is 55.8 Å². The lowest BCUT2D eigenvalue weighted by atomic mass is 10.0. The molecule has 5 atom stereocenters. The van der Waals surface area contributed by atoms with E-state index in [1.807, 2.05) is 0 Å². The maximum Gasteiger partial charge on any atom is 0.472 e. The Hall–Kier alpha value is -5.61. The zero-order valence-electron chi connectivity index (χ0n) is 76.1. The smallest absolute Gasteiger partial charge is 0.463 e. The van der Waals surface area contributed by atoms with Gasteiger partial charge < -0.3 is 34.2 Å². The minimum absolute atomic E-state index is 0.0839. The molecule has 0 spiro atoms. The average molecular weight is 1730 g/mol. The van der Waals surface area contributed by atoms with Gasteiger partial charge in [-0.3, -0.25) is 32.5 Å². The van der Waals surface area contributed by atoms with Gasteiger partial charge in [-0.15, -0.1) is 0 Å². The highest BCUT2D eigenvalue weighted by Gasteiger charge is 2.30. The number of phosphoric ester groups is 2. The lowest BCUT2D eigenvalue weighted by Gasteiger charge is -2.21. The second-order valence-corrected chi connectivity index (χ2v) is 34.3. The molecule has 0 aliphatic carbocycles. The lowest BCUT2D eigenvalue weighted by molar-refractivity contribution is -0.161. The number of allylic oxidation sites excluding steroid dienone is 32. The molecule has 0 radical (unpaired) electrons. The number of aliphatic hydroxyl groups is 2. The molecule has 0 aromatic heterocycles. The SMILES string of the molecule is CC/C=C\C/C=C\C/C=C\C/C=C\C/C=C\C/C=C\CCCCCCCCCCCCCCCCC(=O)OCC(O)COP(=O)(O)OCC(O)COP(=O)(O)OCC(COC(=O)CCCCCCCCCCCCCCCC/C=C\C/C=C\C/C=C\C/C=C\C/C=C\C/C=C\CC)OC(=O)CCCCCCCC/C=C\C/C=C\C/C=C\C/C=C\CC. The van der Waals surface area contributed by atoms with Crippen LogP contribution >= 0.6 is 15.6 Å². The molecular formula is C103H172O16P2. The van der Waals surface area contributed by atoms with E-state index >= 15 is 0 Å². The third kappa shape index (κ3) is 94.9. The fourth-order valence-corrected chi connectivity index (χ4v) is 14.3. The number of carbonyl (C=O) groups excluding carboxylic acids is 3. The van der Waals surface area contributed by atoms with Crippen LogP contribution in [0.1, 0.15) is 380 Å². The molecule has 0 bridgehead atoms. The van der Waals surface area contributed by atoms with Gasteiger partial charge in [0.25, 0.3) is 0 Å². The molecule has 0 saturated heterocycles. The normalized spacial score (nSPS) is 14.6. The van der Waals surface area contributed by atoms with Gasteiger partial charge in [0.2, 0.25) is 0 Å². The van der Waals surface area contributed by atoms with E-state index in [0.29, 0.717) is 19.3 Å². The van der Waals surface area contributed by atoms with Gasteiger partial charge in [-0.2, -0.15) is 0 Å². The molecule has 18 heteroatoms. The van der Waals surface area contributed by atoms with E-state index < -0.39 is 91.5 Å². The van der Waals surface area contributed by atoms with Gasteiger partial charge in [-0.05, 0) is 161 Å². The summed E-state index contributed by atoms with van der Waals surface area (Å²) in [5, 5.41) is 20.8. The quantitative estimate of drug-likeness (QED) is 0.0146. The van der Waals surface area contributed by atoms with E-state index in [2.05, 4.69) is 215 Å². The van der Waals surface area contributed by atoms with E-state index in [9.17, 15) is 43.5 Å². The van der Waals surface area contributed by atoms with Crippen LogP contribution in [0.4, 0.5) is 0 Å². The molecule has 0 rings (SSSR count). The number of hydrogen-bond acceptors (Lipinski definition) is 14. The molecule has 16 nitrogen and oxygen atoms in total. The van der Waals surface area contributed by atoms with E-state index in [1.165, 1.54) is 122 Å². The standard InChI is InChI=1S/C103H172O16P2/c1-4-7-10-13-16-19-22-25-28-31-34-36-38-40-42-44-46-48-50-52-54-56-58-60-63-65-68-71-74-77-80-83-86-89-101(106)113-92-98(104)93-115-120(109,110)116-94-99(105)95-117-121(111,112)118-97-100(119-103(108)91-88-85-82-79-76-73-70-67-62-33-30-27-24-21-18-15-12-9-6-3)96-114-102(107)90-87-84-81-78-75-72-69-66-64-61-59-57-55-53-51-49-47-45-43-41-39-37-35-32-29-26-23-20-17-14-11-8-5-2/h7-12,16-21,25-30,34-37,40-43,46-49,62,67,98-100,104-105H,4-6,13-15,22-24,31-33,38-39,44-45,50-61,63-66,68-97H2,1-3H3,(H,109,110)(H,111,112)/b10-7-,11-8-,12-9-,19-16-,20-17-,21-18-,28-25-,29-26-,30-27-,36-34-,37-35-,42-40-,43-41-,48-46-,49-47-,67-62-. The minimum Gasteiger partial charge on any atom is -0.463 e. The summed E-state index contributed by atoms with van der Waals surface area (Å²) in [6.45, 7) is 2.36. The van der Waals surface area contributed by atoms with E-state index in [-0.39, 0.29) is 19.3 Å². The van der Waals surface area contributed by atoms with E-state index in [1.54, 1.807) is 0 Å². The summed E-state index contributed by atoms with van der Waals surface area (Å²) in [6.07, 6.45) is 125. The Kier molecular flexibility index (Phi) is 89.2. The summed E-state index contributed by atoms with van der Waals surface area (Å²) in [6, 6.07) is 0. The maximum atomic E-state index is 13.1. The minimum atomic E-state index is -4.95. The molecule has 0 aliphatic rings. The summed E-state index contributed by atoms with van der Waals surface area (Å²) in [7, 11) is -9.82. The molecular weight excluding hydrogens is 1560 g/mol. The Bertz CT molecular complexity index is 2980. The van der Waals surface area contributed by atoms with Gasteiger partial charge in [0.15, 0.2) is 6.10 Å². The van der Waals surface area contributed by atoms with Crippen molar-refractivity contribution in [2.75, 3.05) is 39.6 Å². The van der Waals surface area contributed by atoms with Crippen LogP contribution in [0.25, 0.3) is 0 Å². The van der Waals surface area contributed by atoms with Gasteiger partial charge in [0, 0.05) is 19.3 Å². The Morgan fingerprint density at radius 1 is 0.231 bits per heavy atom. The highest BCUT2D eigenvalue weighted by molar-refractivity contribution is 7.47. The van der Waals surface area contributed by atoms with Crippen LogP contribution in [0.5, 0.6) is 0 Å². The molecule has 121 heavy (non-hydrogen) atoms. The molecule has 0 aliphatic heterocycles. The van der Waals surface area contributed by atoms with Crippen molar-refractivity contribution in [3.63, 3.8) is 0 Å². The topological polar surface area (TPSA) is 231 Å². The summed E-state index contributed by atoms with van der Waals surface area (Å²) >= 11 is 0. The number of ether oxygens (including phenoxy) is 3. The average Bonchev–Trinajstić information content (AvgIpc) is 0.895. The number of hydrogen-bond donors (Lipinski definition) is 4. The first-order chi connectivity index (χ1) is 59.2. The van der Waals surface area contributed by atoms with Gasteiger partial charge in [-0.25, -0.2) is 9.13 Å². The highest BCUT2D eigenvalue weighted by atomic mass is 31.2. The van der Waals surface area contributed by atoms with Crippen molar-refractivity contribution in [1.82, 2.24) is 0 Å². The Labute approximate surface area is 737 Å². The monoisotopic (exact) mass is 1730 g/mol. The number of unbranched alkanes of at least 4 members (excludes halogenated alkanes) is 34. The van der Waals surface area contributed by atoms with E-state index in [4.69, 9.17) is 32.3 Å². The summed E-state index contributed by atoms with van der Waals surface area (Å²) in [5.74, 6) is -1.59. The molecule has 0 aromatic carbocycles. The third-order valence-corrected chi connectivity index (χ3v) is 21.7. The molecule has 0 fully saturated rings. The number of carbonyl (C=O) groups is 3. The number of phosphoric acid groups is 2. The second kappa shape index (κ2) is 93.5. The van der Waals surface area contributed by atoms with Crippen LogP contribution < -0.4 is 0 Å². The summed E-state index contributed by atoms with van der Waals surface area (Å²) in [4.78, 5) is 59.0. The second-order valence-electron chi connectivity index (χ2n) is 31.4. The molecule has 5 unspecified atom stereocenters. The van der Waals surface area contributed by atoms with Crippen molar-refractivity contribution in [3.05, 3.63) is 194 Å². The van der Waals surface area contributed by atoms with Gasteiger partial charge in [-0.1, -0.05) is 395 Å². The van der Waals surface area contributed by atoms with Crippen molar-refractivity contribution < 1.29 is 75.8 Å². The zero-order valence-corrected chi connectivity index (χ0v) is 77.9. The van der Waals surface area contributed by atoms with E-state index in [0.717, 1.165) is 199 Å². The molecule has 0 aromatic rings. The number of esters is 3. The predicted octanol–water partition coefficient (Wildman–Crippen LogP) is 29.8.